The van der Waals surface area contributed by atoms with Gasteiger partial charge in [0.1, 0.15) is 0 Å². The van der Waals surface area contributed by atoms with Crippen molar-refractivity contribution in [2.45, 2.75) is 38.0 Å². The topological polar surface area (TPSA) is 74.0 Å². The molecule has 29 heavy (non-hydrogen) atoms. The molecule has 0 aromatic heterocycles. The van der Waals surface area contributed by atoms with E-state index < -0.39 is 0 Å². The van der Waals surface area contributed by atoms with Crippen molar-refractivity contribution in [3.05, 3.63) is 35.9 Å². The predicted molar refractivity (Wildman–Crippen MR) is 130 cm³/mol. The molecule has 1 unspecified atom stereocenters. The van der Waals surface area contributed by atoms with Crippen LogP contribution in [0, 0.1) is 5.92 Å². The number of unbranched alkanes of at least 4 members (excludes halogenated alkanes) is 1. The first-order chi connectivity index (χ1) is 13.7. The average molecular weight is 513 g/mol. The molecule has 1 aromatic carbocycles. The maximum Gasteiger partial charge on any atom is 0.220 e. The largest absolute Gasteiger partial charge is 0.369 e. The number of piperidine rings is 1. The average Bonchev–Trinajstić information content (AvgIpc) is 3.21. The van der Waals surface area contributed by atoms with E-state index in [2.05, 4.69) is 50.4 Å². The van der Waals surface area contributed by atoms with Gasteiger partial charge in [0.05, 0.1) is 0 Å². The van der Waals surface area contributed by atoms with Crippen molar-refractivity contribution >= 4 is 35.8 Å². The van der Waals surface area contributed by atoms with Crippen LogP contribution in [0.15, 0.2) is 35.3 Å². The zero-order valence-corrected chi connectivity index (χ0v) is 19.9. The fraction of sp³-hybridized carbons (Fsp3) is 0.636. The van der Waals surface area contributed by atoms with Crippen molar-refractivity contribution < 1.29 is 4.79 Å². The van der Waals surface area contributed by atoms with Crippen LogP contribution in [0.5, 0.6) is 0 Å². The molecule has 1 aromatic rings. The molecule has 0 aliphatic carbocycles. The van der Waals surface area contributed by atoms with Crippen LogP contribution in [-0.2, 0) is 4.79 Å². The molecule has 0 radical (unpaired) electrons. The predicted octanol–water partition coefficient (Wildman–Crippen LogP) is 2.65. The van der Waals surface area contributed by atoms with Crippen molar-refractivity contribution in [2.24, 2.45) is 16.6 Å². The highest BCUT2D eigenvalue weighted by atomic mass is 127. The number of hydrogen-bond donors (Lipinski definition) is 2. The number of carbonyl (C=O) groups excluding carboxylic acids is 1. The molecule has 0 bridgehead atoms. The van der Waals surface area contributed by atoms with Crippen LogP contribution < -0.4 is 11.1 Å². The summed E-state index contributed by atoms with van der Waals surface area (Å²) < 4.78 is 0. The summed E-state index contributed by atoms with van der Waals surface area (Å²) in [5, 5.41) is 3.54. The van der Waals surface area contributed by atoms with E-state index in [1.807, 2.05) is 7.05 Å². The van der Waals surface area contributed by atoms with Crippen molar-refractivity contribution in [3.8, 4) is 0 Å². The van der Waals surface area contributed by atoms with Crippen molar-refractivity contribution in [3.63, 3.8) is 0 Å². The zero-order chi connectivity index (χ0) is 19.8. The number of benzene rings is 1. The Balaban J connectivity index is 0.00000300. The van der Waals surface area contributed by atoms with Gasteiger partial charge in [0.15, 0.2) is 5.96 Å². The van der Waals surface area contributed by atoms with E-state index in [0.29, 0.717) is 5.92 Å². The fourth-order valence-corrected chi connectivity index (χ4v) is 4.38. The molecule has 3 N–H and O–H groups in total. The second kappa shape index (κ2) is 12.4. The van der Waals surface area contributed by atoms with Crippen LogP contribution in [0.3, 0.4) is 0 Å². The number of halogens is 1. The van der Waals surface area contributed by atoms with Crippen LogP contribution >= 0.6 is 24.0 Å². The van der Waals surface area contributed by atoms with E-state index in [9.17, 15) is 4.79 Å². The van der Waals surface area contributed by atoms with Gasteiger partial charge >= 0.3 is 0 Å². The number of likely N-dealkylation sites (tertiary alicyclic amines) is 2. The van der Waals surface area contributed by atoms with Gasteiger partial charge in [0, 0.05) is 38.5 Å². The molecule has 1 atom stereocenters. The maximum absolute atomic E-state index is 11.2. The third-order valence-electron chi connectivity index (χ3n) is 6.14. The summed E-state index contributed by atoms with van der Waals surface area (Å²) in [5.41, 5.74) is 6.84. The summed E-state index contributed by atoms with van der Waals surface area (Å²) in [6.45, 7) is 6.16. The monoisotopic (exact) mass is 513 g/mol. The molecule has 2 aliphatic rings. The number of primary amides is 1. The van der Waals surface area contributed by atoms with E-state index in [0.717, 1.165) is 70.9 Å². The lowest BCUT2D eigenvalue weighted by Gasteiger charge is -2.30. The second-order valence-corrected chi connectivity index (χ2v) is 8.04. The summed E-state index contributed by atoms with van der Waals surface area (Å²) in [6.07, 6.45) is 5.31. The number of nitrogens with zero attached hydrogens (tertiary/aromatic N) is 3. The van der Waals surface area contributed by atoms with Gasteiger partial charge in [-0.05, 0) is 57.3 Å². The minimum absolute atomic E-state index is 0. The number of guanidine groups is 1. The number of amides is 1. The SMILES string of the molecule is CN=C(NCCCCN1CCC(C(N)=O)CC1)N1CCC(c2ccccc2)C1.I. The van der Waals surface area contributed by atoms with Gasteiger partial charge in [-0.15, -0.1) is 24.0 Å². The molecule has 0 spiro atoms. The zero-order valence-electron chi connectivity index (χ0n) is 17.6. The Hall–Kier alpha value is -1.35. The van der Waals surface area contributed by atoms with Crippen molar-refractivity contribution in [2.75, 3.05) is 46.3 Å². The maximum atomic E-state index is 11.2. The Morgan fingerprint density at radius 1 is 1.14 bits per heavy atom. The van der Waals surface area contributed by atoms with Gasteiger partial charge < -0.3 is 20.9 Å². The third kappa shape index (κ3) is 7.13. The Morgan fingerprint density at radius 2 is 1.86 bits per heavy atom. The van der Waals surface area contributed by atoms with Crippen LogP contribution in [0.25, 0.3) is 0 Å². The normalized spacial score (nSPS) is 21.1. The van der Waals surface area contributed by atoms with E-state index in [1.54, 1.807) is 0 Å². The lowest BCUT2D eigenvalue weighted by molar-refractivity contribution is -0.123. The first kappa shape index (κ1) is 23.9. The lowest BCUT2D eigenvalue weighted by atomic mass is 9.96. The minimum atomic E-state index is -0.133. The molecule has 2 saturated heterocycles. The third-order valence-corrected chi connectivity index (χ3v) is 6.14. The van der Waals surface area contributed by atoms with E-state index in [4.69, 9.17) is 5.73 Å². The fourth-order valence-electron chi connectivity index (χ4n) is 4.38. The van der Waals surface area contributed by atoms with Crippen molar-refractivity contribution in [1.82, 2.24) is 15.1 Å². The molecule has 2 aliphatic heterocycles. The number of nitrogens with one attached hydrogen (secondary N) is 1. The molecule has 1 amide bonds. The van der Waals surface area contributed by atoms with E-state index in [-0.39, 0.29) is 35.8 Å². The van der Waals surface area contributed by atoms with E-state index in [1.165, 1.54) is 12.0 Å². The number of nitrogens with two attached hydrogens (primary N) is 1. The van der Waals surface area contributed by atoms with Crippen LogP contribution in [0.2, 0.25) is 0 Å². The number of carbonyl (C=O) groups is 1. The summed E-state index contributed by atoms with van der Waals surface area (Å²) in [7, 11) is 1.88. The molecule has 6 nitrogen and oxygen atoms in total. The lowest BCUT2D eigenvalue weighted by Crippen LogP contribution is -2.41. The molecule has 2 fully saturated rings. The molecule has 2 heterocycles. The second-order valence-electron chi connectivity index (χ2n) is 8.04. The standard InChI is InChI=1S/C22H35N5O.HI/c1-24-22(27-16-11-20(17-27)18-7-3-2-4-8-18)25-12-5-6-13-26-14-9-19(10-15-26)21(23)28;/h2-4,7-8,19-20H,5-6,9-17H2,1H3,(H2,23,28)(H,24,25);1H. The number of aliphatic imine (C=N–C) groups is 1. The summed E-state index contributed by atoms with van der Waals surface area (Å²) in [4.78, 5) is 20.6. The van der Waals surface area contributed by atoms with Gasteiger partial charge in [-0.1, -0.05) is 30.3 Å². The first-order valence-electron chi connectivity index (χ1n) is 10.7. The summed E-state index contributed by atoms with van der Waals surface area (Å²) in [5.74, 6) is 1.58. The Labute approximate surface area is 192 Å². The highest BCUT2D eigenvalue weighted by Crippen LogP contribution is 2.26. The van der Waals surface area contributed by atoms with Crippen LogP contribution in [-0.4, -0.2) is 68.0 Å². The Kier molecular flexibility index (Phi) is 10.2. The number of hydrogen-bond acceptors (Lipinski definition) is 3. The highest BCUT2D eigenvalue weighted by Gasteiger charge is 2.26. The van der Waals surface area contributed by atoms with Crippen molar-refractivity contribution in [1.29, 1.82) is 0 Å². The summed E-state index contributed by atoms with van der Waals surface area (Å²) >= 11 is 0. The highest BCUT2D eigenvalue weighted by molar-refractivity contribution is 14.0. The van der Waals surface area contributed by atoms with Crippen LogP contribution in [0.1, 0.15) is 43.6 Å². The van der Waals surface area contributed by atoms with Gasteiger partial charge in [0.25, 0.3) is 0 Å². The first-order valence-corrected chi connectivity index (χ1v) is 10.7. The van der Waals surface area contributed by atoms with E-state index >= 15 is 0 Å². The smallest absolute Gasteiger partial charge is 0.220 e. The van der Waals surface area contributed by atoms with Gasteiger partial charge in [0.2, 0.25) is 5.91 Å². The van der Waals surface area contributed by atoms with Gasteiger partial charge in [-0.2, -0.15) is 0 Å². The van der Waals surface area contributed by atoms with Crippen LogP contribution in [0.4, 0.5) is 0 Å². The molecule has 7 heteroatoms. The van der Waals surface area contributed by atoms with Gasteiger partial charge in [-0.3, -0.25) is 9.79 Å². The van der Waals surface area contributed by atoms with Gasteiger partial charge in [-0.25, -0.2) is 0 Å². The molecule has 3 rings (SSSR count). The minimum Gasteiger partial charge on any atom is -0.369 e. The quantitative estimate of drug-likeness (QED) is 0.255. The molecular weight excluding hydrogens is 477 g/mol. The summed E-state index contributed by atoms with van der Waals surface area (Å²) in [6, 6.07) is 10.8. The Bertz CT molecular complexity index is 646. The Morgan fingerprint density at radius 3 is 2.52 bits per heavy atom. The molecular formula is C22H36IN5O. The molecule has 0 saturated carbocycles. The molecule has 162 valence electrons. The number of rotatable bonds is 7.